The van der Waals surface area contributed by atoms with Gasteiger partial charge in [0.25, 0.3) is 5.91 Å². The van der Waals surface area contributed by atoms with E-state index in [1.807, 2.05) is 0 Å². The van der Waals surface area contributed by atoms with E-state index in [2.05, 4.69) is 4.74 Å². The first kappa shape index (κ1) is 14.5. The SMILES string of the molecule is COC(=O)C1CC(O)CN1C(=O)c1ccc(F)cc1C. The molecule has 2 unspecified atom stereocenters. The summed E-state index contributed by atoms with van der Waals surface area (Å²) in [5.74, 6) is -1.39. The van der Waals surface area contributed by atoms with Crippen molar-refractivity contribution in [2.75, 3.05) is 13.7 Å². The second-order valence-electron chi connectivity index (χ2n) is 4.85. The molecular weight excluding hydrogens is 265 g/mol. The second kappa shape index (κ2) is 5.58. The zero-order chi connectivity index (χ0) is 14.9. The third-order valence-corrected chi connectivity index (χ3v) is 3.43. The summed E-state index contributed by atoms with van der Waals surface area (Å²) in [6.07, 6.45) is -0.609. The number of amides is 1. The van der Waals surface area contributed by atoms with Crippen molar-refractivity contribution in [3.05, 3.63) is 35.1 Å². The Bertz CT molecular complexity index is 546. The zero-order valence-electron chi connectivity index (χ0n) is 11.3. The van der Waals surface area contributed by atoms with E-state index in [1.165, 1.54) is 30.2 Å². The van der Waals surface area contributed by atoms with Gasteiger partial charge in [0.2, 0.25) is 0 Å². The zero-order valence-corrected chi connectivity index (χ0v) is 11.3. The largest absolute Gasteiger partial charge is 0.467 e. The van der Waals surface area contributed by atoms with Crippen LogP contribution in [-0.2, 0) is 9.53 Å². The smallest absolute Gasteiger partial charge is 0.328 e. The van der Waals surface area contributed by atoms with Crippen LogP contribution in [0.25, 0.3) is 0 Å². The van der Waals surface area contributed by atoms with E-state index in [9.17, 15) is 19.1 Å². The molecular formula is C14H16FNO4. The average molecular weight is 281 g/mol. The second-order valence-corrected chi connectivity index (χ2v) is 4.85. The molecule has 5 nitrogen and oxygen atoms in total. The molecule has 1 amide bonds. The number of esters is 1. The van der Waals surface area contributed by atoms with Gasteiger partial charge in [-0.25, -0.2) is 9.18 Å². The first-order valence-electron chi connectivity index (χ1n) is 6.27. The first-order chi connectivity index (χ1) is 9.43. The van der Waals surface area contributed by atoms with E-state index in [4.69, 9.17) is 0 Å². The van der Waals surface area contributed by atoms with Gasteiger partial charge in [-0.2, -0.15) is 0 Å². The summed E-state index contributed by atoms with van der Waals surface area (Å²) < 4.78 is 17.7. The topological polar surface area (TPSA) is 66.8 Å². The highest BCUT2D eigenvalue weighted by Crippen LogP contribution is 2.23. The van der Waals surface area contributed by atoms with E-state index >= 15 is 0 Å². The van der Waals surface area contributed by atoms with Gasteiger partial charge in [-0.1, -0.05) is 0 Å². The molecule has 0 spiro atoms. The van der Waals surface area contributed by atoms with Crippen molar-refractivity contribution >= 4 is 11.9 Å². The van der Waals surface area contributed by atoms with Crippen molar-refractivity contribution in [1.29, 1.82) is 0 Å². The number of benzene rings is 1. The number of likely N-dealkylation sites (tertiary alicyclic amines) is 1. The van der Waals surface area contributed by atoms with Gasteiger partial charge in [-0.15, -0.1) is 0 Å². The predicted molar refractivity (Wildman–Crippen MR) is 68.6 cm³/mol. The van der Waals surface area contributed by atoms with Gasteiger partial charge in [0.05, 0.1) is 13.2 Å². The number of aliphatic hydroxyl groups is 1. The van der Waals surface area contributed by atoms with Crippen molar-refractivity contribution in [1.82, 2.24) is 4.90 Å². The van der Waals surface area contributed by atoms with Crippen LogP contribution in [0.5, 0.6) is 0 Å². The maximum absolute atomic E-state index is 13.1. The van der Waals surface area contributed by atoms with E-state index in [-0.39, 0.29) is 13.0 Å². The highest BCUT2D eigenvalue weighted by molar-refractivity contribution is 5.98. The monoisotopic (exact) mass is 281 g/mol. The van der Waals surface area contributed by atoms with Crippen LogP contribution in [0.2, 0.25) is 0 Å². The number of halogens is 1. The average Bonchev–Trinajstić information content (AvgIpc) is 2.79. The van der Waals surface area contributed by atoms with Crippen LogP contribution in [0.4, 0.5) is 4.39 Å². The van der Waals surface area contributed by atoms with Crippen LogP contribution in [0.1, 0.15) is 22.3 Å². The Morgan fingerprint density at radius 1 is 1.45 bits per heavy atom. The molecule has 1 aliphatic heterocycles. The summed E-state index contributed by atoms with van der Waals surface area (Å²) in [6, 6.07) is 3.03. The molecule has 1 saturated heterocycles. The van der Waals surface area contributed by atoms with Crippen molar-refractivity contribution in [3.63, 3.8) is 0 Å². The molecule has 20 heavy (non-hydrogen) atoms. The van der Waals surface area contributed by atoms with Crippen molar-refractivity contribution in [3.8, 4) is 0 Å². The van der Waals surface area contributed by atoms with Gasteiger partial charge in [0.1, 0.15) is 11.9 Å². The molecule has 1 heterocycles. The minimum Gasteiger partial charge on any atom is -0.467 e. The van der Waals surface area contributed by atoms with Gasteiger partial charge in [-0.3, -0.25) is 4.79 Å². The number of hydrogen-bond donors (Lipinski definition) is 1. The molecule has 1 fully saturated rings. The van der Waals surface area contributed by atoms with Gasteiger partial charge in [0.15, 0.2) is 0 Å². The Morgan fingerprint density at radius 2 is 2.15 bits per heavy atom. The summed E-state index contributed by atoms with van der Waals surface area (Å²) in [5.41, 5.74) is 0.800. The van der Waals surface area contributed by atoms with Gasteiger partial charge in [-0.05, 0) is 30.7 Å². The minimum absolute atomic E-state index is 0.0649. The van der Waals surface area contributed by atoms with Crippen LogP contribution in [0, 0.1) is 12.7 Å². The van der Waals surface area contributed by atoms with Crippen molar-refractivity contribution in [2.24, 2.45) is 0 Å². The van der Waals surface area contributed by atoms with Gasteiger partial charge < -0.3 is 14.7 Å². The Labute approximate surface area is 116 Å². The van der Waals surface area contributed by atoms with Crippen LogP contribution in [0.3, 0.4) is 0 Å². The third-order valence-electron chi connectivity index (χ3n) is 3.43. The molecule has 1 aromatic rings. The summed E-state index contributed by atoms with van der Waals surface area (Å²) in [4.78, 5) is 25.4. The van der Waals surface area contributed by atoms with Crippen molar-refractivity contribution in [2.45, 2.75) is 25.5 Å². The third kappa shape index (κ3) is 2.65. The number of aliphatic hydroxyl groups excluding tert-OH is 1. The number of carbonyl (C=O) groups excluding carboxylic acids is 2. The fourth-order valence-corrected chi connectivity index (χ4v) is 2.42. The molecule has 1 N–H and O–H groups in total. The molecule has 0 radical (unpaired) electrons. The number of β-amino-alcohol motifs (C(OH)–C–C–N with tert-alkyl or cyclic N) is 1. The standard InChI is InChI=1S/C14H16FNO4/c1-8-5-9(15)3-4-11(8)13(18)16-7-10(17)6-12(16)14(19)20-2/h3-5,10,12,17H,6-7H2,1-2H3. The van der Waals surface area contributed by atoms with E-state index in [0.29, 0.717) is 11.1 Å². The van der Waals surface area contributed by atoms with E-state index in [1.54, 1.807) is 6.92 Å². The maximum atomic E-state index is 13.1. The van der Waals surface area contributed by atoms with E-state index < -0.39 is 29.8 Å². The van der Waals surface area contributed by atoms with Crippen LogP contribution in [0.15, 0.2) is 18.2 Å². The molecule has 108 valence electrons. The molecule has 0 aromatic heterocycles. The molecule has 0 saturated carbocycles. The lowest BCUT2D eigenvalue weighted by molar-refractivity contribution is -0.145. The number of methoxy groups -OCH3 is 1. The van der Waals surface area contributed by atoms with Gasteiger partial charge in [0, 0.05) is 18.5 Å². The van der Waals surface area contributed by atoms with Crippen molar-refractivity contribution < 1.29 is 23.8 Å². The normalized spacial score (nSPS) is 21.9. The fraction of sp³-hybridized carbons (Fsp3) is 0.429. The number of carbonyl (C=O) groups is 2. The van der Waals surface area contributed by atoms with Crippen LogP contribution >= 0.6 is 0 Å². The lowest BCUT2D eigenvalue weighted by Gasteiger charge is -2.23. The lowest BCUT2D eigenvalue weighted by atomic mass is 10.1. The molecule has 1 aromatic carbocycles. The maximum Gasteiger partial charge on any atom is 0.328 e. The fourth-order valence-electron chi connectivity index (χ4n) is 2.42. The Morgan fingerprint density at radius 3 is 2.75 bits per heavy atom. The number of rotatable bonds is 2. The van der Waals surface area contributed by atoms with Crippen LogP contribution < -0.4 is 0 Å². The Balaban J connectivity index is 2.29. The number of hydrogen-bond acceptors (Lipinski definition) is 4. The van der Waals surface area contributed by atoms with E-state index in [0.717, 1.165) is 0 Å². The molecule has 2 rings (SSSR count). The van der Waals surface area contributed by atoms with Crippen LogP contribution in [-0.4, -0.2) is 47.7 Å². The number of ether oxygens (including phenoxy) is 1. The molecule has 6 heteroatoms. The molecule has 0 aliphatic carbocycles. The number of aryl methyl sites for hydroxylation is 1. The first-order valence-corrected chi connectivity index (χ1v) is 6.27. The molecule has 2 atom stereocenters. The summed E-state index contributed by atoms with van der Waals surface area (Å²) in [6.45, 7) is 1.69. The van der Waals surface area contributed by atoms with Gasteiger partial charge >= 0.3 is 5.97 Å². The molecule has 1 aliphatic rings. The predicted octanol–water partition coefficient (Wildman–Crippen LogP) is 0.883. The highest BCUT2D eigenvalue weighted by Gasteiger charge is 2.40. The molecule has 0 bridgehead atoms. The number of nitrogens with zero attached hydrogens (tertiary/aromatic N) is 1. The summed E-state index contributed by atoms with van der Waals surface area (Å²) in [7, 11) is 1.23. The Hall–Kier alpha value is -1.95. The lowest BCUT2D eigenvalue weighted by Crippen LogP contribution is -2.41. The highest BCUT2D eigenvalue weighted by atomic mass is 19.1. The quantitative estimate of drug-likeness (QED) is 0.817. The minimum atomic E-state index is -0.799. The summed E-state index contributed by atoms with van der Waals surface area (Å²) in [5, 5.41) is 9.66. The summed E-state index contributed by atoms with van der Waals surface area (Å²) >= 11 is 0. The Kier molecular flexibility index (Phi) is 4.04.